The maximum atomic E-state index is 13.3. The summed E-state index contributed by atoms with van der Waals surface area (Å²) in [6.45, 7) is 4.36. The third-order valence-electron chi connectivity index (χ3n) is 6.72. The van der Waals surface area contributed by atoms with Crippen molar-refractivity contribution in [1.29, 1.82) is 0 Å². The number of halogens is 1. The van der Waals surface area contributed by atoms with Gasteiger partial charge in [-0.2, -0.15) is 0 Å². The number of hydrogen-bond acceptors (Lipinski definition) is 7. The Morgan fingerprint density at radius 2 is 1.62 bits per heavy atom. The molecule has 3 N–H and O–H groups in total. The van der Waals surface area contributed by atoms with Crippen LogP contribution in [0, 0.1) is 0 Å². The van der Waals surface area contributed by atoms with Crippen molar-refractivity contribution in [1.82, 2.24) is 10.3 Å². The summed E-state index contributed by atoms with van der Waals surface area (Å²) in [5.74, 6) is -0.328. The van der Waals surface area contributed by atoms with Crippen LogP contribution in [0.1, 0.15) is 29.8 Å². The third-order valence-corrected chi connectivity index (χ3v) is 8.94. The van der Waals surface area contributed by atoms with Crippen LogP contribution in [0.25, 0.3) is 17.3 Å². The fraction of sp³-hybridized carbons (Fsp3) is 0.111. The monoisotopic (exact) mass is 682 g/mol. The predicted octanol–water partition coefficient (Wildman–Crippen LogP) is 8.39. The Morgan fingerprint density at radius 1 is 0.915 bits per heavy atom. The second kappa shape index (κ2) is 16.1. The number of aromatic nitrogens is 1. The van der Waals surface area contributed by atoms with Crippen LogP contribution in [0.4, 0.5) is 10.8 Å². The molecule has 1 atom stereocenters. The van der Waals surface area contributed by atoms with Gasteiger partial charge in [0.2, 0.25) is 5.91 Å². The molecule has 8 nitrogen and oxygen atoms in total. The average molecular weight is 683 g/mol. The van der Waals surface area contributed by atoms with Gasteiger partial charge in [0, 0.05) is 32.1 Å². The first-order chi connectivity index (χ1) is 22.8. The van der Waals surface area contributed by atoms with Gasteiger partial charge in [-0.3, -0.25) is 14.4 Å². The van der Waals surface area contributed by atoms with Gasteiger partial charge in [-0.25, -0.2) is 4.98 Å². The van der Waals surface area contributed by atoms with Gasteiger partial charge in [0.15, 0.2) is 5.13 Å². The van der Waals surface area contributed by atoms with Crippen LogP contribution in [0.5, 0.6) is 5.75 Å². The number of hydrogen-bond donors (Lipinski definition) is 3. The van der Waals surface area contributed by atoms with Crippen LogP contribution >= 0.6 is 34.7 Å². The summed E-state index contributed by atoms with van der Waals surface area (Å²) in [4.78, 5) is 44.6. The molecule has 0 bridgehead atoms. The number of amides is 3. The summed E-state index contributed by atoms with van der Waals surface area (Å²) < 4.78 is 5.50. The van der Waals surface area contributed by atoms with E-state index < -0.39 is 17.1 Å². The van der Waals surface area contributed by atoms with Gasteiger partial charge < -0.3 is 20.7 Å². The molecule has 0 saturated carbocycles. The fourth-order valence-electron chi connectivity index (χ4n) is 4.32. The zero-order valence-corrected chi connectivity index (χ0v) is 27.9. The van der Waals surface area contributed by atoms with Crippen molar-refractivity contribution in [2.75, 3.05) is 17.2 Å². The van der Waals surface area contributed by atoms with Crippen molar-refractivity contribution in [2.45, 2.75) is 24.0 Å². The summed E-state index contributed by atoms with van der Waals surface area (Å²) in [5.41, 5.74) is 3.24. The van der Waals surface area contributed by atoms with E-state index in [-0.39, 0.29) is 11.6 Å². The van der Waals surface area contributed by atoms with Crippen LogP contribution in [-0.2, 0) is 9.59 Å². The Labute approximate surface area is 286 Å². The molecule has 238 valence electrons. The van der Waals surface area contributed by atoms with Gasteiger partial charge >= 0.3 is 0 Å². The van der Waals surface area contributed by atoms with E-state index in [0.29, 0.717) is 33.6 Å². The lowest BCUT2D eigenvalue weighted by Crippen LogP contribution is -2.30. The van der Waals surface area contributed by atoms with Crippen LogP contribution < -0.4 is 20.7 Å². The molecule has 0 aliphatic heterocycles. The highest BCUT2D eigenvalue weighted by Gasteiger charge is 2.18. The third kappa shape index (κ3) is 9.32. The second-order valence-electron chi connectivity index (χ2n) is 10.1. The Bertz CT molecular complexity index is 1880. The molecular formula is C36H31ClN4O4S2. The van der Waals surface area contributed by atoms with Gasteiger partial charge in [-0.15, -0.1) is 23.1 Å². The maximum Gasteiger partial charge on any atom is 0.272 e. The Balaban J connectivity index is 1.20. The molecule has 47 heavy (non-hydrogen) atoms. The standard InChI is InChI=1S/C36H31ClN4O4S2/c1-3-45-28-17-13-24(14-18-28)32-22-46-36(40-32)41-33(42)23(2)47-29-19-15-27(16-20-29)38-35(44)31(21-26-11-7-8-12-30(26)37)39-34(43)25-9-5-4-6-10-25/h4-23H,3H2,1-2H3,(H,38,44)(H,39,43)(H,40,41,42)/b31-21-. The number of carbonyl (C=O) groups excluding carboxylic acids is 3. The second-order valence-corrected chi connectivity index (χ2v) is 12.8. The lowest BCUT2D eigenvalue weighted by molar-refractivity contribution is -0.115. The number of rotatable bonds is 12. The first-order valence-electron chi connectivity index (χ1n) is 14.7. The molecule has 5 rings (SSSR count). The topological polar surface area (TPSA) is 109 Å². The highest BCUT2D eigenvalue weighted by molar-refractivity contribution is 8.00. The maximum absolute atomic E-state index is 13.3. The summed E-state index contributed by atoms with van der Waals surface area (Å²) >= 11 is 9.07. The normalized spacial score (nSPS) is 11.8. The summed E-state index contributed by atoms with van der Waals surface area (Å²) in [5, 5.41) is 10.9. The number of benzene rings is 4. The molecule has 1 aromatic heterocycles. The lowest BCUT2D eigenvalue weighted by atomic mass is 10.1. The van der Waals surface area contributed by atoms with Crippen molar-refractivity contribution >= 4 is 69.3 Å². The quantitative estimate of drug-likeness (QED) is 0.0901. The molecule has 0 aliphatic carbocycles. The van der Waals surface area contributed by atoms with E-state index in [4.69, 9.17) is 16.3 Å². The number of ether oxygens (including phenoxy) is 1. The van der Waals surface area contributed by atoms with E-state index in [1.165, 1.54) is 29.2 Å². The Kier molecular flexibility index (Phi) is 11.5. The predicted molar refractivity (Wildman–Crippen MR) is 191 cm³/mol. The summed E-state index contributed by atoms with van der Waals surface area (Å²) in [6, 6.07) is 30.4. The Hall–Kier alpha value is -4.90. The number of nitrogens with one attached hydrogen (secondary N) is 3. The Morgan fingerprint density at radius 3 is 2.32 bits per heavy atom. The van der Waals surface area contributed by atoms with Crippen molar-refractivity contribution in [3.05, 3.63) is 130 Å². The summed E-state index contributed by atoms with van der Waals surface area (Å²) in [6.07, 6.45) is 1.53. The molecule has 0 saturated heterocycles. The minimum atomic E-state index is -0.518. The molecule has 4 aromatic carbocycles. The minimum Gasteiger partial charge on any atom is -0.494 e. The number of thiazole rings is 1. The molecule has 11 heteroatoms. The van der Waals surface area contributed by atoms with Crippen molar-refractivity contribution in [2.24, 2.45) is 0 Å². The van der Waals surface area contributed by atoms with Crippen LogP contribution in [0.15, 0.2) is 119 Å². The molecule has 0 spiro atoms. The van der Waals surface area contributed by atoms with E-state index in [1.54, 1.807) is 66.7 Å². The van der Waals surface area contributed by atoms with Crippen molar-refractivity contribution in [3.8, 4) is 17.0 Å². The number of thioether (sulfide) groups is 1. The van der Waals surface area contributed by atoms with Gasteiger partial charge in [0.05, 0.1) is 17.6 Å². The van der Waals surface area contributed by atoms with Crippen molar-refractivity contribution in [3.63, 3.8) is 0 Å². The van der Waals surface area contributed by atoms with Gasteiger partial charge in [0.1, 0.15) is 11.4 Å². The largest absolute Gasteiger partial charge is 0.494 e. The van der Waals surface area contributed by atoms with E-state index >= 15 is 0 Å². The van der Waals surface area contributed by atoms with E-state index in [0.717, 1.165) is 21.9 Å². The van der Waals surface area contributed by atoms with Crippen molar-refractivity contribution < 1.29 is 19.1 Å². The minimum absolute atomic E-state index is 0.0311. The molecule has 3 amide bonds. The smallest absolute Gasteiger partial charge is 0.272 e. The SMILES string of the molecule is CCOc1ccc(-c2csc(NC(=O)C(C)Sc3ccc(NC(=O)/C(=C/c4ccccc4Cl)NC(=O)c4ccccc4)cc3)n2)cc1. The number of carbonyl (C=O) groups is 3. The van der Waals surface area contributed by atoms with E-state index in [9.17, 15) is 14.4 Å². The zero-order chi connectivity index (χ0) is 33.2. The highest BCUT2D eigenvalue weighted by atomic mass is 35.5. The van der Waals surface area contributed by atoms with Gasteiger partial charge in [-0.1, -0.05) is 48.0 Å². The summed E-state index contributed by atoms with van der Waals surface area (Å²) in [7, 11) is 0. The molecule has 0 aliphatic rings. The first kappa shape index (κ1) is 33.5. The first-order valence-corrected chi connectivity index (χ1v) is 16.8. The fourth-order valence-corrected chi connectivity index (χ4v) is 6.10. The van der Waals surface area contributed by atoms with Gasteiger partial charge in [0.25, 0.3) is 11.8 Å². The molecule has 0 fully saturated rings. The zero-order valence-electron chi connectivity index (χ0n) is 25.5. The van der Waals surface area contributed by atoms with Gasteiger partial charge in [-0.05, 0) is 92.2 Å². The lowest BCUT2D eigenvalue weighted by Gasteiger charge is -2.13. The molecule has 5 aromatic rings. The van der Waals surface area contributed by atoms with Crippen LogP contribution in [-0.4, -0.2) is 34.6 Å². The van der Waals surface area contributed by atoms with E-state index in [1.807, 2.05) is 55.6 Å². The van der Waals surface area contributed by atoms with Crippen LogP contribution in [0.3, 0.4) is 0 Å². The van der Waals surface area contributed by atoms with Crippen LogP contribution in [0.2, 0.25) is 5.02 Å². The molecular weight excluding hydrogens is 652 g/mol. The number of nitrogens with zero attached hydrogens (tertiary/aromatic N) is 1. The molecule has 0 radical (unpaired) electrons. The van der Waals surface area contributed by atoms with E-state index in [2.05, 4.69) is 20.9 Å². The average Bonchev–Trinajstić information content (AvgIpc) is 3.55. The molecule has 1 unspecified atom stereocenters. The number of anilines is 2. The molecule has 1 heterocycles. The highest BCUT2D eigenvalue weighted by Crippen LogP contribution is 2.29.